The summed E-state index contributed by atoms with van der Waals surface area (Å²) in [5.74, 6) is -0.0713. The topological polar surface area (TPSA) is 29.0 Å². The van der Waals surface area contributed by atoms with Gasteiger partial charge in [-0.05, 0) is 43.5 Å². The average molecular weight is 292 g/mol. The van der Waals surface area contributed by atoms with Crippen LogP contribution in [0.3, 0.4) is 0 Å². The second-order valence-corrected chi connectivity index (χ2v) is 5.46. The molecule has 20 heavy (non-hydrogen) atoms. The molecule has 0 saturated heterocycles. The summed E-state index contributed by atoms with van der Waals surface area (Å²) in [6, 6.07) is 6.11. The predicted octanol–water partition coefficient (Wildman–Crippen LogP) is 3.63. The van der Waals surface area contributed by atoms with E-state index in [1.165, 1.54) is 11.3 Å². The summed E-state index contributed by atoms with van der Waals surface area (Å²) in [6.45, 7) is 2.67. The van der Waals surface area contributed by atoms with Crippen LogP contribution in [0, 0.1) is 12.7 Å². The van der Waals surface area contributed by atoms with Crippen LogP contribution in [0.2, 0.25) is 5.15 Å². The minimum absolute atomic E-state index is 0.123. The molecular weight excluding hydrogens is 277 g/mol. The van der Waals surface area contributed by atoms with Gasteiger partial charge in [-0.2, -0.15) is 0 Å². The fraction of sp³-hybridized carbons (Fsp3) is 0.333. The Hall–Kier alpha value is -1.68. The first-order chi connectivity index (χ1) is 9.56. The summed E-state index contributed by atoms with van der Waals surface area (Å²) in [7, 11) is 2.09. The van der Waals surface area contributed by atoms with Crippen molar-refractivity contribution in [3.63, 3.8) is 0 Å². The number of hydrogen-bond acceptors (Lipinski definition) is 3. The summed E-state index contributed by atoms with van der Waals surface area (Å²) in [5.41, 5.74) is 3.67. The van der Waals surface area contributed by atoms with E-state index in [1.807, 2.05) is 6.07 Å². The Kier molecular flexibility index (Phi) is 3.34. The van der Waals surface area contributed by atoms with E-state index in [4.69, 9.17) is 11.6 Å². The van der Waals surface area contributed by atoms with E-state index in [-0.39, 0.29) is 10.8 Å². The molecule has 0 unspecified atom stereocenters. The lowest BCUT2D eigenvalue weighted by Crippen LogP contribution is -2.24. The number of rotatable bonds is 1. The Morgan fingerprint density at radius 1 is 1.30 bits per heavy atom. The van der Waals surface area contributed by atoms with Gasteiger partial charge in [-0.3, -0.25) is 0 Å². The van der Waals surface area contributed by atoms with Crippen molar-refractivity contribution in [1.29, 1.82) is 0 Å². The summed E-state index contributed by atoms with van der Waals surface area (Å²) in [5, 5.41) is -0.123. The van der Waals surface area contributed by atoms with Gasteiger partial charge in [0.1, 0.15) is 0 Å². The third-order valence-electron chi connectivity index (χ3n) is 3.67. The Morgan fingerprint density at radius 3 is 2.85 bits per heavy atom. The van der Waals surface area contributed by atoms with E-state index in [0.717, 1.165) is 24.9 Å². The fourth-order valence-corrected chi connectivity index (χ4v) is 2.79. The molecule has 1 aliphatic heterocycles. The first-order valence-electron chi connectivity index (χ1n) is 6.60. The van der Waals surface area contributed by atoms with Crippen LogP contribution in [-0.4, -0.2) is 23.6 Å². The second kappa shape index (κ2) is 5.02. The van der Waals surface area contributed by atoms with Gasteiger partial charge in [0, 0.05) is 24.8 Å². The summed E-state index contributed by atoms with van der Waals surface area (Å²) in [4.78, 5) is 10.5. The number of benzene rings is 1. The predicted molar refractivity (Wildman–Crippen MR) is 78.8 cm³/mol. The lowest BCUT2D eigenvalue weighted by Gasteiger charge is -2.27. The SMILES string of the molecule is Cc1nc(-c2ccc3c(c2)CCCN3C)nc(Cl)c1F. The van der Waals surface area contributed by atoms with E-state index in [0.29, 0.717) is 5.82 Å². The molecule has 0 saturated carbocycles. The van der Waals surface area contributed by atoms with Crippen LogP contribution in [0.1, 0.15) is 17.7 Å². The maximum Gasteiger partial charge on any atom is 0.181 e. The third-order valence-corrected chi connectivity index (χ3v) is 3.92. The third kappa shape index (κ3) is 2.24. The first-order valence-corrected chi connectivity index (χ1v) is 6.98. The molecule has 0 N–H and O–H groups in total. The number of hydrogen-bond donors (Lipinski definition) is 0. The van der Waals surface area contributed by atoms with Gasteiger partial charge in [0.05, 0.1) is 5.69 Å². The summed E-state index contributed by atoms with van der Waals surface area (Å²) < 4.78 is 13.5. The number of nitrogens with zero attached hydrogens (tertiary/aromatic N) is 3. The molecule has 0 fully saturated rings. The lowest BCUT2D eigenvalue weighted by molar-refractivity contribution is 0.603. The lowest BCUT2D eigenvalue weighted by atomic mass is 9.99. The number of anilines is 1. The highest BCUT2D eigenvalue weighted by Gasteiger charge is 2.16. The van der Waals surface area contributed by atoms with Crippen molar-refractivity contribution < 1.29 is 4.39 Å². The van der Waals surface area contributed by atoms with Gasteiger partial charge >= 0.3 is 0 Å². The molecule has 0 amide bonds. The molecule has 0 radical (unpaired) electrons. The van der Waals surface area contributed by atoms with E-state index in [2.05, 4.69) is 34.0 Å². The van der Waals surface area contributed by atoms with Crippen molar-refractivity contribution in [2.45, 2.75) is 19.8 Å². The molecule has 1 aromatic heterocycles. The van der Waals surface area contributed by atoms with Crippen molar-refractivity contribution in [1.82, 2.24) is 9.97 Å². The Morgan fingerprint density at radius 2 is 2.10 bits per heavy atom. The second-order valence-electron chi connectivity index (χ2n) is 5.11. The van der Waals surface area contributed by atoms with E-state index in [1.54, 1.807) is 6.92 Å². The first kappa shape index (κ1) is 13.3. The van der Waals surface area contributed by atoms with Crippen LogP contribution in [-0.2, 0) is 6.42 Å². The zero-order valence-electron chi connectivity index (χ0n) is 11.5. The van der Waals surface area contributed by atoms with Gasteiger partial charge in [0.2, 0.25) is 0 Å². The number of aryl methyl sites for hydroxylation is 2. The fourth-order valence-electron chi connectivity index (χ4n) is 2.58. The molecule has 5 heteroatoms. The minimum atomic E-state index is -0.548. The molecule has 0 atom stereocenters. The van der Waals surface area contributed by atoms with Gasteiger partial charge in [-0.1, -0.05) is 11.6 Å². The largest absolute Gasteiger partial charge is 0.374 e. The van der Waals surface area contributed by atoms with Crippen LogP contribution in [0.4, 0.5) is 10.1 Å². The zero-order chi connectivity index (χ0) is 14.3. The smallest absolute Gasteiger partial charge is 0.181 e. The standard InChI is InChI=1S/C15H15ClFN3/c1-9-13(17)14(16)19-15(18-9)11-5-6-12-10(8-11)4-3-7-20(12)2/h5-6,8H,3-4,7H2,1-2H3. The maximum absolute atomic E-state index is 13.5. The number of halogens is 2. The van der Waals surface area contributed by atoms with Crippen molar-refractivity contribution in [2.24, 2.45) is 0 Å². The van der Waals surface area contributed by atoms with Crippen LogP contribution in [0.5, 0.6) is 0 Å². The highest BCUT2D eigenvalue weighted by Crippen LogP contribution is 2.30. The van der Waals surface area contributed by atoms with Gasteiger partial charge in [-0.15, -0.1) is 0 Å². The zero-order valence-corrected chi connectivity index (χ0v) is 12.2. The monoisotopic (exact) mass is 291 g/mol. The van der Waals surface area contributed by atoms with Crippen LogP contribution < -0.4 is 4.90 Å². The van der Waals surface area contributed by atoms with Crippen molar-refractivity contribution >= 4 is 17.3 Å². The molecule has 3 nitrogen and oxygen atoms in total. The van der Waals surface area contributed by atoms with Gasteiger partial charge in [0.15, 0.2) is 16.8 Å². The van der Waals surface area contributed by atoms with Crippen LogP contribution in [0.15, 0.2) is 18.2 Å². The van der Waals surface area contributed by atoms with Crippen molar-refractivity contribution in [2.75, 3.05) is 18.5 Å². The van der Waals surface area contributed by atoms with E-state index >= 15 is 0 Å². The van der Waals surface area contributed by atoms with Gasteiger partial charge in [0.25, 0.3) is 0 Å². The van der Waals surface area contributed by atoms with E-state index < -0.39 is 5.82 Å². The molecule has 104 valence electrons. The van der Waals surface area contributed by atoms with Crippen molar-refractivity contribution in [3.8, 4) is 11.4 Å². The molecule has 0 spiro atoms. The summed E-state index contributed by atoms with van der Waals surface area (Å²) >= 11 is 5.80. The quantitative estimate of drug-likeness (QED) is 0.751. The van der Waals surface area contributed by atoms with Gasteiger partial charge < -0.3 is 4.90 Å². The van der Waals surface area contributed by atoms with Crippen LogP contribution >= 0.6 is 11.6 Å². The summed E-state index contributed by atoms with van der Waals surface area (Å²) in [6.07, 6.45) is 2.18. The molecule has 1 aliphatic rings. The maximum atomic E-state index is 13.5. The molecule has 3 rings (SSSR count). The molecular formula is C15H15ClFN3. The highest BCUT2D eigenvalue weighted by atomic mass is 35.5. The molecule has 2 aromatic rings. The average Bonchev–Trinajstić information content (AvgIpc) is 2.44. The highest BCUT2D eigenvalue weighted by molar-refractivity contribution is 6.29. The van der Waals surface area contributed by atoms with Gasteiger partial charge in [-0.25, -0.2) is 14.4 Å². The molecule has 2 heterocycles. The number of aromatic nitrogens is 2. The molecule has 0 aliphatic carbocycles. The Labute approximate surface area is 122 Å². The molecule has 1 aromatic carbocycles. The normalized spacial score (nSPS) is 14.3. The number of fused-ring (bicyclic) bond motifs is 1. The molecule has 0 bridgehead atoms. The minimum Gasteiger partial charge on any atom is -0.374 e. The van der Waals surface area contributed by atoms with Crippen LogP contribution in [0.25, 0.3) is 11.4 Å². The van der Waals surface area contributed by atoms with Crippen molar-refractivity contribution in [3.05, 3.63) is 40.4 Å². The van der Waals surface area contributed by atoms with E-state index in [9.17, 15) is 4.39 Å². The Bertz CT molecular complexity index is 649. The Balaban J connectivity index is 2.07.